The van der Waals surface area contributed by atoms with Gasteiger partial charge in [0.15, 0.2) is 5.89 Å². The van der Waals surface area contributed by atoms with E-state index in [2.05, 4.69) is 10.3 Å². The van der Waals surface area contributed by atoms with Crippen molar-refractivity contribution in [1.82, 2.24) is 10.3 Å². The summed E-state index contributed by atoms with van der Waals surface area (Å²) in [6.07, 6.45) is 5.53. The summed E-state index contributed by atoms with van der Waals surface area (Å²) in [7, 11) is 0. The lowest BCUT2D eigenvalue weighted by molar-refractivity contribution is 0.404. The number of hydrogen-bond donors (Lipinski definition) is 1. The van der Waals surface area contributed by atoms with E-state index in [1.165, 1.54) is 19.3 Å². The first kappa shape index (κ1) is 7.80. The van der Waals surface area contributed by atoms with Crippen LogP contribution in [0.2, 0.25) is 0 Å². The maximum Gasteiger partial charge on any atom is 0.191 e. The van der Waals surface area contributed by atoms with Crippen molar-refractivity contribution in [3.05, 3.63) is 17.8 Å². The van der Waals surface area contributed by atoms with E-state index < -0.39 is 0 Å². The maximum atomic E-state index is 5.17. The van der Waals surface area contributed by atoms with Gasteiger partial charge in [-0.15, -0.1) is 0 Å². The maximum absolute atomic E-state index is 5.17. The van der Waals surface area contributed by atoms with Crippen LogP contribution in [0.1, 0.15) is 36.9 Å². The predicted octanol–water partition coefficient (Wildman–Crippen LogP) is 1.80. The number of nitrogens with one attached hydrogen (secondary N) is 1. The first-order valence-electron chi connectivity index (χ1n) is 4.51. The Bertz CT molecular complexity index is 251. The van der Waals surface area contributed by atoms with Crippen molar-refractivity contribution in [2.45, 2.75) is 32.2 Å². The molecule has 0 aromatic carbocycles. The molecular formula is C9H14N2O. The Morgan fingerprint density at radius 3 is 3.08 bits per heavy atom. The van der Waals surface area contributed by atoms with Crippen molar-refractivity contribution in [1.29, 1.82) is 0 Å². The second-order valence-corrected chi connectivity index (χ2v) is 3.29. The molecule has 1 N–H and O–H groups in total. The normalized spacial score (nSPS) is 24.2. The molecule has 0 bridgehead atoms. The van der Waals surface area contributed by atoms with Gasteiger partial charge in [0.1, 0.15) is 6.26 Å². The highest BCUT2D eigenvalue weighted by Gasteiger charge is 2.17. The van der Waals surface area contributed by atoms with Crippen LogP contribution in [0, 0.1) is 6.92 Å². The fraction of sp³-hybridized carbons (Fsp3) is 0.667. The molecule has 3 heteroatoms. The molecule has 0 aliphatic carbocycles. The van der Waals surface area contributed by atoms with Gasteiger partial charge >= 0.3 is 0 Å². The number of oxazole rings is 1. The number of hydrogen-bond acceptors (Lipinski definition) is 3. The highest BCUT2D eigenvalue weighted by atomic mass is 16.3. The standard InChI is InChI=1S/C9H14N2O/c1-7-11-9(6-12-7)8-4-2-3-5-10-8/h6,8,10H,2-5H2,1H3. The molecule has 1 atom stereocenters. The summed E-state index contributed by atoms with van der Waals surface area (Å²) >= 11 is 0. The molecule has 2 heterocycles. The lowest BCUT2D eigenvalue weighted by Gasteiger charge is -2.20. The van der Waals surface area contributed by atoms with Crippen LogP contribution < -0.4 is 5.32 Å². The van der Waals surface area contributed by atoms with Crippen LogP contribution in [-0.2, 0) is 0 Å². The van der Waals surface area contributed by atoms with Gasteiger partial charge < -0.3 is 9.73 Å². The average Bonchev–Trinajstić information content (AvgIpc) is 2.54. The van der Waals surface area contributed by atoms with Gasteiger partial charge in [-0.3, -0.25) is 0 Å². The zero-order valence-corrected chi connectivity index (χ0v) is 7.34. The summed E-state index contributed by atoms with van der Waals surface area (Å²) in [5.41, 5.74) is 1.06. The zero-order chi connectivity index (χ0) is 8.39. The van der Waals surface area contributed by atoms with Crippen LogP contribution in [0.25, 0.3) is 0 Å². The molecule has 3 nitrogen and oxygen atoms in total. The summed E-state index contributed by atoms with van der Waals surface area (Å²) in [5.74, 6) is 0.761. The molecule has 1 aliphatic heterocycles. The Morgan fingerprint density at radius 2 is 2.50 bits per heavy atom. The van der Waals surface area contributed by atoms with Crippen LogP contribution in [-0.4, -0.2) is 11.5 Å². The summed E-state index contributed by atoms with van der Waals surface area (Å²) in [6.45, 7) is 2.99. The molecule has 1 aliphatic rings. The number of rotatable bonds is 1. The van der Waals surface area contributed by atoms with Gasteiger partial charge in [-0.05, 0) is 19.4 Å². The van der Waals surface area contributed by atoms with Crippen molar-refractivity contribution >= 4 is 0 Å². The van der Waals surface area contributed by atoms with E-state index in [0.29, 0.717) is 6.04 Å². The summed E-state index contributed by atoms with van der Waals surface area (Å²) < 4.78 is 5.17. The molecule has 1 aromatic heterocycles. The Kier molecular flexibility index (Phi) is 2.13. The average molecular weight is 166 g/mol. The van der Waals surface area contributed by atoms with Crippen molar-refractivity contribution < 1.29 is 4.42 Å². The molecule has 0 spiro atoms. The minimum absolute atomic E-state index is 0.427. The summed E-state index contributed by atoms with van der Waals surface area (Å²) in [6, 6.07) is 0.427. The van der Waals surface area contributed by atoms with Gasteiger partial charge in [0.05, 0.1) is 11.7 Å². The van der Waals surface area contributed by atoms with E-state index in [0.717, 1.165) is 18.1 Å². The van der Waals surface area contributed by atoms with E-state index in [1.807, 2.05) is 6.92 Å². The molecule has 0 saturated carbocycles. The van der Waals surface area contributed by atoms with Gasteiger partial charge in [0.2, 0.25) is 0 Å². The minimum Gasteiger partial charge on any atom is -0.449 e. The molecular weight excluding hydrogens is 152 g/mol. The Labute approximate surface area is 72.2 Å². The lowest BCUT2D eigenvalue weighted by Crippen LogP contribution is -2.26. The quantitative estimate of drug-likeness (QED) is 0.691. The molecule has 1 fully saturated rings. The molecule has 12 heavy (non-hydrogen) atoms. The minimum atomic E-state index is 0.427. The monoisotopic (exact) mass is 166 g/mol. The summed E-state index contributed by atoms with van der Waals surface area (Å²) in [4.78, 5) is 4.31. The van der Waals surface area contributed by atoms with Gasteiger partial charge in [-0.2, -0.15) is 0 Å². The number of piperidine rings is 1. The molecule has 1 aromatic rings. The second kappa shape index (κ2) is 3.27. The Hall–Kier alpha value is -0.830. The smallest absolute Gasteiger partial charge is 0.191 e. The molecule has 2 rings (SSSR count). The SMILES string of the molecule is Cc1nc(C2CCCCN2)co1. The second-order valence-electron chi connectivity index (χ2n) is 3.29. The van der Waals surface area contributed by atoms with Crippen molar-refractivity contribution in [2.24, 2.45) is 0 Å². The molecule has 0 amide bonds. The van der Waals surface area contributed by atoms with Crippen molar-refractivity contribution in [3.8, 4) is 0 Å². The third kappa shape index (κ3) is 1.50. The van der Waals surface area contributed by atoms with E-state index >= 15 is 0 Å². The largest absolute Gasteiger partial charge is 0.449 e. The summed E-state index contributed by atoms with van der Waals surface area (Å²) in [5, 5.41) is 3.43. The van der Waals surface area contributed by atoms with Gasteiger partial charge in [-0.1, -0.05) is 6.42 Å². The number of aryl methyl sites for hydroxylation is 1. The van der Waals surface area contributed by atoms with Gasteiger partial charge in [0.25, 0.3) is 0 Å². The van der Waals surface area contributed by atoms with Crippen LogP contribution in [0.3, 0.4) is 0 Å². The fourth-order valence-electron chi connectivity index (χ4n) is 1.64. The highest BCUT2D eigenvalue weighted by Crippen LogP contribution is 2.21. The lowest BCUT2D eigenvalue weighted by atomic mass is 10.0. The third-order valence-corrected chi connectivity index (χ3v) is 2.30. The van der Waals surface area contributed by atoms with Crippen molar-refractivity contribution in [3.63, 3.8) is 0 Å². The highest BCUT2D eigenvalue weighted by molar-refractivity contribution is 5.03. The fourth-order valence-corrected chi connectivity index (χ4v) is 1.64. The molecule has 0 radical (unpaired) electrons. The van der Waals surface area contributed by atoms with Crippen LogP contribution in [0.4, 0.5) is 0 Å². The molecule has 1 unspecified atom stereocenters. The third-order valence-electron chi connectivity index (χ3n) is 2.30. The predicted molar refractivity (Wildman–Crippen MR) is 45.8 cm³/mol. The van der Waals surface area contributed by atoms with Crippen LogP contribution in [0.5, 0.6) is 0 Å². The van der Waals surface area contributed by atoms with Gasteiger partial charge in [-0.25, -0.2) is 4.98 Å². The van der Waals surface area contributed by atoms with E-state index in [-0.39, 0.29) is 0 Å². The zero-order valence-electron chi connectivity index (χ0n) is 7.34. The Morgan fingerprint density at radius 1 is 1.58 bits per heavy atom. The number of nitrogens with zero attached hydrogens (tertiary/aromatic N) is 1. The van der Waals surface area contributed by atoms with Crippen molar-refractivity contribution in [2.75, 3.05) is 6.54 Å². The van der Waals surface area contributed by atoms with E-state index in [9.17, 15) is 0 Å². The van der Waals surface area contributed by atoms with Gasteiger partial charge in [0, 0.05) is 6.92 Å². The first-order chi connectivity index (χ1) is 5.86. The Balaban J connectivity index is 2.08. The molecule has 1 saturated heterocycles. The van der Waals surface area contributed by atoms with Crippen LogP contribution >= 0.6 is 0 Å². The molecule has 66 valence electrons. The van der Waals surface area contributed by atoms with E-state index in [4.69, 9.17) is 4.42 Å². The van der Waals surface area contributed by atoms with Crippen LogP contribution in [0.15, 0.2) is 10.7 Å². The topological polar surface area (TPSA) is 38.1 Å². The number of aromatic nitrogens is 1. The first-order valence-corrected chi connectivity index (χ1v) is 4.51. The van der Waals surface area contributed by atoms with E-state index in [1.54, 1.807) is 6.26 Å².